The fraction of sp³-hybridized carbons (Fsp3) is 0.286. The van der Waals surface area contributed by atoms with E-state index in [1.54, 1.807) is 18.5 Å². The SMILES string of the molecule is CCCc1cccc(C(O)c2ncccn2)c1. The molecule has 0 amide bonds. The van der Waals surface area contributed by atoms with Gasteiger partial charge in [-0.3, -0.25) is 0 Å². The van der Waals surface area contributed by atoms with Crippen LogP contribution in [0, 0.1) is 0 Å². The summed E-state index contributed by atoms with van der Waals surface area (Å²) in [7, 11) is 0. The monoisotopic (exact) mass is 228 g/mol. The summed E-state index contributed by atoms with van der Waals surface area (Å²) in [6.07, 6.45) is 4.66. The van der Waals surface area contributed by atoms with E-state index in [9.17, 15) is 5.11 Å². The highest BCUT2D eigenvalue weighted by molar-refractivity contribution is 5.28. The van der Waals surface area contributed by atoms with Gasteiger partial charge in [-0.2, -0.15) is 0 Å². The summed E-state index contributed by atoms with van der Waals surface area (Å²) in [4.78, 5) is 8.14. The molecule has 3 nitrogen and oxygen atoms in total. The highest BCUT2D eigenvalue weighted by Gasteiger charge is 2.12. The second kappa shape index (κ2) is 5.55. The van der Waals surface area contributed by atoms with E-state index >= 15 is 0 Å². The van der Waals surface area contributed by atoms with E-state index in [4.69, 9.17) is 0 Å². The Balaban J connectivity index is 2.25. The minimum atomic E-state index is -0.743. The van der Waals surface area contributed by atoms with Crippen molar-refractivity contribution < 1.29 is 5.11 Å². The average molecular weight is 228 g/mol. The van der Waals surface area contributed by atoms with Crippen molar-refractivity contribution in [2.45, 2.75) is 25.9 Å². The van der Waals surface area contributed by atoms with Crippen LogP contribution >= 0.6 is 0 Å². The third-order valence-corrected chi connectivity index (χ3v) is 2.64. The molecule has 0 spiro atoms. The standard InChI is InChI=1S/C14H16N2O/c1-2-5-11-6-3-7-12(10-11)13(17)14-15-8-4-9-16-14/h3-4,6-10,13,17H,2,5H2,1H3. The fourth-order valence-electron chi connectivity index (χ4n) is 1.81. The number of benzene rings is 1. The van der Waals surface area contributed by atoms with Crippen molar-refractivity contribution in [3.63, 3.8) is 0 Å². The second-order valence-corrected chi connectivity index (χ2v) is 4.00. The first-order valence-corrected chi connectivity index (χ1v) is 5.85. The van der Waals surface area contributed by atoms with Crippen LogP contribution in [0.2, 0.25) is 0 Å². The van der Waals surface area contributed by atoms with Gasteiger partial charge in [-0.25, -0.2) is 9.97 Å². The van der Waals surface area contributed by atoms with Crippen molar-refractivity contribution in [3.05, 3.63) is 59.7 Å². The quantitative estimate of drug-likeness (QED) is 0.874. The molecular weight excluding hydrogens is 212 g/mol. The molecule has 1 aromatic heterocycles. The molecule has 17 heavy (non-hydrogen) atoms. The first-order chi connectivity index (χ1) is 8.31. The lowest BCUT2D eigenvalue weighted by Gasteiger charge is -2.10. The first-order valence-electron chi connectivity index (χ1n) is 5.85. The topological polar surface area (TPSA) is 46.0 Å². The number of hydrogen-bond donors (Lipinski definition) is 1. The van der Waals surface area contributed by atoms with Gasteiger partial charge < -0.3 is 5.11 Å². The highest BCUT2D eigenvalue weighted by Crippen LogP contribution is 2.19. The fourth-order valence-corrected chi connectivity index (χ4v) is 1.81. The molecule has 0 bridgehead atoms. The minimum Gasteiger partial charge on any atom is -0.380 e. The van der Waals surface area contributed by atoms with Crippen LogP contribution in [0.1, 0.15) is 36.4 Å². The van der Waals surface area contributed by atoms with E-state index in [2.05, 4.69) is 23.0 Å². The Bertz CT molecular complexity index is 471. The van der Waals surface area contributed by atoms with Crippen molar-refractivity contribution in [3.8, 4) is 0 Å². The van der Waals surface area contributed by atoms with Crippen LogP contribution in [-0.4, -0.2) is 15.1 Å². The molecule has 0 radical (unpaired) electrons. The van der Waals surface area contributed by atoms with E-state index < -0.39 is 6.10 Å². The Morgan fingerprint density at radius 1 is 1.18 bits per heavy atom. The molecule has 88 valence electrons. The number of aliphatic hydroxyl groups is 1. The number of nitrogens with zero attached hydrogens (tertiary/aromatic N) is 2. The summed E-state index contributed by atoms with van der Waals surface area (Å²) in [6.45, 7) is 2.14. The summed E-state index contributed by atoms with van der Waals surface area (Å²) >= 11 is 0. The van der Waals surface area contributed by atoms with Crippen LogP contribution in [0.25, 0.3) is 0 Å². The van der Waals surface area contributed by atoms with E-state index in [1.165, 1.54) is 5.56 Å². The van der Waals surface area contributed by atoms with Gasteiger partial charge in [0.2, 0.25) is 0 Å². The number of aromatic nitrogens is 2. The number of hydrogen-bond acceptors (Lipinski definition) is 3. The molecule has 1 atom stereocenters. The predicted octanol–water partition coefficient (Wildman–Crippen LogP) is 2.51. The van der Waals surface area contributed by atoms with E-state index in [0.29, 0.717) is 5.82 Å². The molecule has 1 unspecified atom stereocenters. The van der Waals surface area contributed by atoms with Gasteiger partial charge >= 0.3 is 0 Å². The Kier molecular flexibility index (Phi) is 3.83. The summed E-state index contributed by atoms with van der Waals surface area (Å²) in [6, 6.07) is 9.70. The Morgan fingerprint density at radius 3 is 2.65 bits per heavy atom. The lowest BCUT2D eigenvalue weighted by Crippen LogP contribution is -2.04. The van der Waals surface area contributed by atoms with Crippen LogP contribution in [0.15, 0.2) is 42.7 Å². The molecule has 2 rings (SSSR count). The lowest BCUT2D eigenvalue weighted by atomic mass is 10.0. The summed E-state index contributed by atoms with van der Waals surface area (Å²) < 4.78 is 0. The maximum Gasteiger partial charge on any atom is 0.161 e. The number of aryl methyl sites for hydroxylation is 1. The molecule has 1 N–H and O–H groups in total. The van der Waals surface area contributed by atoms with Gasteiger partial charge in [0.05, 0.1) is 0 Å². The van der Waals surface area contributed by atoms with Crippen LogP contribution in [0.5, 0.6) is 0 Å². The maximum atomic E-state index is 10.2. The van der Waals surface area contributed by atoms with Crippen LogP contribution < -0.4 is 0 Å². The van der Waals surface area contributed by atoms with E-state index in [0.717, 1.165) is 18.4 Å². The molecule has 0 saturated heterocycles. The summed E-state index contributed by atoms with van der Waals surface area (Å²) in [5.74, 6) is 0.446. The Hall–Kier alpha value is -1.74. The van der Waals surface area contributed by atoms with Gasteiger partial charge in [0, 0.05) is 12.4 Å². The smallest absolute Gasteiger partial charge is 0.161 e. The molecule has 0 aliphatic heterocycles. The van der Waals surface area contributed by atoms with Crippen molar-refractivity contribution in [1.82, 2.24) is 9.97 Å². The molecule has 0 fully saturated rings. The van der Waals surface area contributed by atoms with Crippen LogP contribution in [0.4, 0.5) is 0 Å². The molecule has 1 heterocycles. The third-order valence-electron chi connectivity index (χ3n) is 2.64. The van der Waals surface area contributed by atoms with Crippen LogP contribution in [-0.2, 0) is 6.42 Å². The Labute approximate surface area is 101 Å². The third kappa shape index (κ3) is 2.88. The van der Waals surface area contributed by atoms with Crippen molar-refractivity contribution in [1.29, 1.82) is 0 Å². The van der Waals surface area contributed by atoms with Gasteiger partial charge in [0.25, 0.3) is 0 Å². The van der Waals surface area contributed by atoms with Gasteiger partial charge in [-0.05, 0) is 23.6 Å². The zero-order chi connectivity index (χ0) is 12.1. The van der Waals surface area contributed by atoms with E-state index in [-0.39, 0.29) is 0 Å². The van der Waals surface area contributed by atoms with Gasteiger partial charge in [0.15, 0.2) is 5.82 Å². The van der Waals surface area contributed by atoms with Gasteiger partial charge in [0.1, 0.15) is 6.10 Å². The molecule has 2 aromatic rings. The lowest BCUT2D eigenvalue weighted by molar-refractivity contribution is 0.209. The van der Waals surface area contributed by atoms with Crippen molar-refractivity contribution >= 4 is 0 Å². The average Bonchev–Trinajstić information content (AvgIpc) is 2.40. The number of rotatable bonds is 4. The normalized spacial score (nSPS) is 12.4. The maximum absolute atomic E-state index is 10.2. The predicted molar refractivity (Wildman–Crippen MR) is 66.5 cm³/mol. The molecule has 3 heteroatoms. The minimum absolute atomic E-state index is 0.446. The van der Waals surface area contributed by atoms with Gasteiger partial charge in [-0.1, -0.05) is 37.6 Å². The molecule has 1 aromatic carbocycles. The number of aliphatic hydroxyl groups excluding tert-OH is 1. The summed E-state index contributed by atoms with van der Waals surface area (Å²) in [5, 5.41) is 10.2. The molecular formula is C14H16N2O. The molecule has 0 aliphatic carbocycles. The molecule has 0 saturated carbocycles. The zero-order valence-corrected chi connectivity index (χ0v) is 9.87. The molecule has 0 aliphatic rings. The van der Waals surface area contributed by atoms with Crippen LogP contribution in [0.3, 0.4) is 0 Å². The second-order valence-electron chi connectivity index (χ2n) is 4.00. The first kappa shape index (κ1) is 11.7. The zero-order valence-electron chi connectivity index (χ0n) is 9.87. The van der Waals surface area contributed by atoms with Crippen molar-refractivity contribution in [2.75, 3.05) is 0 Å². The van der Waals surface area contributed by atoms with Crippen molar-refractivity contribution in [2.24, 2.45) is 0 Å². The highest BCUT2D eigenvalue weighted by atomic mass is 16.3. The van der Waals surface area contributed by atoms with Gasteiger partial charge in [-0.15, -0.1) is 0 Å². The Morgan fingerprint density at radius 2 is 1.94 bits per heavy atom. The largest absolute Gasteiger partial charge is 0.380 e. The summed E-state index contributed by atoms with van der Waals surface area (Å²) in [5.41, 5.74) is 2.09. The van der Waals surface area contributed by atoms with E-state index in [1.807, 2.05) is 18.2 Å².